The Bertz CT molecular complexity index is 1210. The summed E-state index contributed by atoms with van der Waals surface area (Å²) in [4.78, 5) is 37.5. The fourth-order valence-corrected chi connectivity index (χ4v) is 4.11. The van der Waals surface area contributed by atoms with Crippen molar-refractivity contribution in [1.29, 1.82) is 0 Å². The van der Waals surface area contributed by atoms with E-state index < -0.39 is 33.7 Å². The highest BCUT2D eigenvalue weighted by Gasteiger charge is 2.39. The van der Waals surface area contributed by atoms with E-state index in [1.54, 1.807) is 24.3 Å². The molecule has 2 aromatic rings. The lowest BCUT2D eigenvalue weighted by molar-refractivity contribution is -0.156. The van der Waals surface area contributed by atoms with Crippen molar-refractivity contribution in [3.63, 3.8) is 0 Å². The molecular weight excluding hydrogens is 422 g/mol. The summed E-state index contributed by atoms with van der Waals surface area (Å²) < 4.78 is 39.0. The van der Waals surface area contributed by atoms with Gasteiger partial charge in [-0.3, -0.25) is 14.4 Å². The lowest BCUT2D eigenvalue weighted by atomic mass is 9.83. The number of aryl methyl sites for hydroxylation is 1. The number of sulfonamides is 1. The predicted molar refractivity (Wildman–Crippen MR) is 111 cm³/mol. The van der Waals surface area contributed by atoms with Gasteiger partial charge in [0, 0.05) is 16.7 Å². The third-order valence-electron chi connectivity index (χ3n) is 4.72. The van der Waals surface area contributed by atoms with Crippen LogP contribution in [0.2, 0.25) is 0 Å². The van der Waals surface area contributed by atoms with Crippen molar-refractivity contribution >= 4 is 33.5 Å². The van der Waals surface area contributed by atoms with Gasteiger partial charge in [-0.2, -0.15) is 12.8 Å². The molecule has 8 nitrogen and oxygen atoms in total. The van der Waals surface area contributed by atoms with Crippen LogP contribution in [0.25, 0.3) is 0 Å². The molecule has 0 amide bonds. The van der Waals surface area contributed by atoms with E-state index in [2.05, 4.69) is 13.9 Å². The predicted octanol–water partition coefficient (Wildman–Crippen LogP) is 2.26. The molecule has 0 fully saturated rings. The van der Waals surface area contributed by atoms with Crippen LogP contribution >= 0.6 is 0 Å². The maximum absolute atomic E-state index is 13.0. The Kier molecular flexibility index (Phi) is 6.16. The van der Waals surface area contributed by atoms with Crippen LogP contribution in [0.1, 0.15) is 21.5 Å². The Balaban J connectivity index is 2.22. The molecule has 0 spiro atoms. The molecule has 0 aromatic heterocycles. The largest absolute Gasteiger partial charge is 0.468 e. The SMILES string of the molecule is COC(=O)C(C(=O)OC)C1=CC(=NS(=O)(=O)c2ccc(C)cc2)c2ccccc2C1=O. The van der Waals surface area contributed by atoms with Gasteiger partial charge in [0.1, 0.15) is 0 Å². The third kappa shape index (κ3) is 4.31. The van der Waals surface area contributed by atoms with Gasteiger partial charge in [0.25, 0.3) is 10.0 Å². The van der Waals surface area contributed by atoms with E-state index in [4.69, 9.17) is 0 Å². The first kappa shape index (κ1) is 22.1. The second-order valence-electron chi connectivity index (χ2n) is 6.72. The van der Waals surface area contributed by atoms with Crippen LogP contribution in [0, 0.1) is 12.8 Å². The molecule has 0 unspecified atom stereocenters. The third-order valence-corrected chi connectivity index (χ3v) is 6.03. The van der Waals surface area contributed by atoms with Gasteiger partial charge in [-0.05, 0) is 25.1 Å². The summed E-state index contributed by atoms with van der Waals surface area (Å²) in [6.07, 6.45) is 1.12. The molecule has 0 saturated heterocycles. The number of Topliss-reactive ketones (excluding diaryl/α,β-unsaturated/α-hetero) is 1. The number of nitrogens with zero attached hydrogens (tertiary/aromatic N) is 1. The van der Waals surface area contributed by atoms with E-state index in [0.29, 0.717) is 0 Å². The van der Waals surface area contributed by atoms with Gasteiger partial charge >= 0.3 is 11.9 Å². The molecule has 1 aliphatic carbocycles. The number of esters is 2. The van der Waals surface area contributed by atoms with Crippen molar-refractivity contribution in [1.82, 2.24) is 0 Å². The highest BCUT2D eigenvalue weighted by molar-refractivity contribution is 7.90. The standard InChI is InChI=1S/C22H19NO7S/c1-13-8-10-14(11-9-13)31(27,28)23-18-12-17(19(21(25)29-2)22(26)30-3)20(24)16-7-5-4-6-15(16)18/h4-12,19H,1-3H3. The minimum atomic E-state index is -4.14. The summed E-state index contributed by atoms with van der Waals surface area (Å²) in [7, 11) is -2.01. The van der Waals surface area contributed by atoms with Gasteiger partial charge in [0.05, 0.1) is 24.8 Å². The van der Waals surface area contributed by atoms with Crippen molar-refractivity contribution in [2.24, 2.45) is 10.3 Å². The first-order chi connectivity index (χ1) is 14.7. The van der Waals surface area contributed by atoms with Crippen LogP contribution in [-0.4, -0.2) is 46.1 Å². The average Bonchev–Trinajstić information content (AvgIpc) is 2.76. The number of hydrogen-bond donors (Lipinski definition) is 0. The number of methoxy groups -OCH3 is 2. The molecule has 31 heavy (non-hydrogen) atoms. The van der Waals surface area contributed by atoms with E-state index in [9.17, 15) is 22.8 Å². The maximum atomic E-state index is 13.0. The molecule has 0 aliphatic heterocycles. The molecule has 2 aromatic carbocycles. The van der Waals surface area contributed by atoms with Crippen LogP contribution in [0.3, 0.4) is 0 Å². The van der Waals surface area contributed by atoms with Crippen molar-refractivity contribution < 1.29 is 32.3 Å². The Morgan fingerprint density at radius 2 is 1.45 bits per heavy atom. The number of carbonyl (C=O) groups excluding carboxylic acids is 3. The monoisotopic (exact) mass is 441 g/mol. The van der Waals surface area contributed by atoms with E-state index in [1.165, 1.54) is 24.3 Å². The number of carbonyl (C=O) groups is 3. The summed E-state index contributed by atoms with van der Waals surface area (Å²) in [5.74, 6) is -4.32. The van der Waals surface area contributed by atoms with Crippen LogP contribution < -0.4 is 0 Å². The molecule has 0 N–H and O–H groups in total. The van der Waals surface area contributed by atoms with Gasteiger partial charge in [-0.15, -0.1) is 0 Å². The average molecular weight is 441 g/mol. The Morgan fingerprint density at radius 1 is 0.903 bits per heavy atom. The molecule has 0 atom stereocenters. The summed E-state index contributed by atoms with van der Waals surface area (Å²) in [6, 6.07) is 12.3. The summed E-state index contributed by atoms with van der Waals surface area (Å²) in [5.41, 5.74) is 0.885. The number of allylic oxidation sites excluding steroid dienone is 1. The topological polar surface area (TPSA) is 116 Å². The summed E-state index contributed by atoms with van der Waals surface area (Å²) >= 11 is 0. The fourth-order valence-electron chi connectivity index (χ4n) is 3.12. The highest BCUT2D eigenvalue weighted by atomic mass is 32.2. The summed E-state index contributed by atoms with van der Waals surface area (Å²) in [6.45, 7) is 1.82. The number of ketones is 1. The molecule has 9 heteroatoms. The minimum absolute atomic E-state index is 0.0348. The van der Waals surface area contributed by atoms with E-state index >= 15 is 0 Å². The zero-order valence-electron chi connectivity index (χ0n) is 17.0. The highest BCUT2D eigenvalue weighted by Crippen LogP contribution is 2.29. The summed E-state index contributed by atoms with van der Waals surface area (Å²) in [5, 5.41) is 0. The van der Waals surface area contributed by atoms with E-state index in [0.717, 1.165) is 25.9 Å². The zero-order chi connectivity index (χ0) is 22.8. The minimum Gasteiger partial charge on any atom is -0.468 e. The molecular formula is C22H19NO7S. The Hall–Kier alpha value is -3.59. The van der Waals surface area contributed by atoms with Gasteiger partial charge in [0.15, 0.2) is 11.7 Å². The van der Waals surface area contributed by atoms with Crippen LogP contribution in [0.4, 0.5) is 0 Å². The van der Waals surface area contributed by atoms with Crippen molar-refractivity contribution in [3.05, 3.63) is 76.9 Å². The number of hydrogen-bond acceptors (Lipinski definition) is 7. The number of benzene rings is 2. The van der Waals surface area contributed by atoms with Crippen molar-refractivity contribution in [2.45, 2.75) is 11.8 Å². The molecule has 0 saturated carbocycles. The van der Waals surface area contributed by atoms with Gasteiger partial charge in [0.2, 0.25) is 0 Å². The number of rotatable bonds is 5. The first-order valence-corrected chi connectivity index (χ1v) is 10.6. The van der Waals surface area contributed by atoms with Gasteiger partial charge in [-0.1, -0.05) is 42.0 Å². The molecule has 0 heterocycles. The lowest BCUT2D eigenvalue weighted by Crippen LogP contribution is -2.34. The Morgan fingerprint density at radius 3 is 2.00 bits per heavy atom. The van der Waals surface area contributed by atoms with Gasteiger partial charge < -0.3 is 9.47 Å². The second-order valence-corrected chi connectivity index (χ2v) is 8.32. The van der Waals surface area contributed by atoms with Crippen molar-refractivity contribution in [2.75, 3.05) is 14.2 Å². The van der Waals surface area contributed by atoms with Crippen LogP contribution in [-0.2, 0) is 29.1 Å². The number of ether oxygens (including phenoxy) is 2. The molecule has 3 rings (SSSR count). The normalized spacial score (nSPS) is 14.8. The maximum Gasteiger partial charge on any atom is 0.324 e. The van der Waals surface area contributed by atoms with E-state index in [1.807, 2.05) is 6.92 Å². The van der Waals surface area contributed by atoms with Crippen LogP contribution in [0.15, 0.2) is 69.5 Å². The smallest absolute Gasteiger partial charge is 0.324 e. The second kappa shape index (κ2) is 8.65. The Labute approximate surface area is 179 Å². The number of fused-ring (bicyclic) bond motifs is 1. The van der Waals surface area contributed by atoms with Gasteiger partial charge in [-0.25, -0.2) is 0 Å². The zero-order valence-corrected chi connectivity index (χ0v) is 17.8. The molecule has 1 aliphatic rings. The molecule has 0 bridgehead atoms. The van der Waals surface area contributed by atoms with Crippen molar-refractivity contribution in [3.8, 4) is 0 Å². The van der Waals surface area contributed by atoms with Crippen LogP contribution in [0.5, 0.6) is 0 Å². The fraction of sp³-hybridized carbons (Fsp3) is 0.182. The first-order valence-electron chi connectivity index (χ1n) is 9.12. The quantitative estimate of drug-likeness (QED) is 0.516. The molecule has 0 radical (unpaired) electrons. The van der Waals surface area contributed by atoms with E-state index in [-0.39, 0.29) is 27.3 Å². The molecule has 160 valence electrons. The lowest BCUT2D eigenvalue weighted by Gasteiger charge is -2.21.